The zero-order chi connectivity index (χ0) is 49.3. The van der Waals surface area contributed by atoms with Crippen LogP contribution in [0.3, 0.4) is 0 Å². The first-order chi connectivity index (χ1) is 31.8. The van der Waals surface area contributed by atoms with E-state index in [0.717, 1.165) is 0 Å². The highest BCUT2D eigenvalue weighted by molar-refractivity contribution is 5.00. The first-order valence-electron chi connectivity index (χ1n) is 21.1. The van der Waals surface area contributed by atoms with Crippen LogP contribution in [0.1, 0.15) is 0 Å². The Labute approximate surface area is 378 Å². The van der Waals surface area contributed by atoms with Gasteiger partial charge in [-0.25, -0.2) is 0 Å². The first-order valence-corrected chi connectivity index (χ1v) is 21.1. The molecule has 31 heteroatoms. The molecule has 6 aliphatic heterocycles. The second-order valence-corrected chi connectivity index (χ2v) is 16.8. The molecule has 0 radical (unpaired) electrons. The molecule has 6 fully saturated rings. The van der Waals surface area contributed by atoms with Gasteiger partial charge in [-0.05, 0) is 0 Å². The second kappa shape index (κ2) is 23.5. The molecule has 0 bridgehead atoms. The topological polar surface area (TPSA) is 506 Å². The second-order valence-electron chi connectivity index (χ2n) is 16.8. The maximum absolute atomic E-state index is 11.5. The lowest BCUT2D eigenvalue weighted by Crippen LogP contribution is -2.69. The molecule has 0 spiro atoms. The van der Waals surface area contributed by atoms with Gasteiger partial charge in [0.05, 0.1) is 39.6 Å². The van der Waals surface area contributed by atoms with E-state index in [4.69, 9.17) is 52.1 Å². The average Bonchev–Trinajstić information content (AvgIpc) is 3.32. The number of hydrogen-bond acceptors (Lipinski definition) is 31. The van der Waals surface area contributed by atoms with E-state index >= 15 is 0 Å². The molecule has 31 nitrogen and oxygen atoms in total. The summed E-state index contributed by atoms with van der Waals surface area (Å²) in [6.45, 7) is -5.86. The van der Waals surface area contributed by atoms with Crippen molar-refractivity contribution in [2.75, 3.05) is 39.6 Å². The van der Waals surface area contributed by atoms with E-state index < -0.39 is 224 Å². The molecule has 0 aromatic heterocycles. The minimum absolute atomic E-state index is 0.865. The Morgan fingerprint density at radius 2 is 0.433 bits per heavy atom. The lowest BCUT2D eigenvalue weighted by Gasteiger charge is -2.50. The predicted octanol–water partition coefficient (Wildman–Crippen LogP) is -14.1. The molecule has 0 aromatic carbocycles. The molecule has 6 heterocycles. The molecule has 6 aliphatic rings. The van der Waals surface area contributed by atoms with Crippen molar-refractivity contribution in [2.24, 2.45) is 0 Å². The van der Waals surface area contributed by atoms with Gasteiger partial charge in [-0.15, -0.1) is 0 Å². The number of hydrogen-bond donors (Lipinski definition) is 20. The monoisotopic (exact) mass is 990 g/mol. The van der Waals surface area contributed by atoms with Crippen LogP contribution in [-0.2, 0) is 52.1 Å². The average molecular weight is 991 g/mol. The van der Waals surface area contributed by atoms with Crippen LogP contribution < -0.4 is 0 Å². The molecule has 20 N–H and O–H groups in total. The van der Waals surface area contributed by atoms with E-state index in [1.54, 1.807) is 0 Å². The van der Waals surface area contributed by atoms with Crippen LogP contribution in [0.15, 0.2) is 0 Å². The fourth-order valence-electron chi connectivity index (χ4n) is 8.42. The highest BCUT2D eigenvalue weighted by atomic mass is 16.8. The van der Waals surface area contributed by atoms with E-state index in [9.17, 15) is 102 Å². The molecule has 0 aromatic rings. The summed E-state index contributed by atoms with van der Waals surface area (Å²) in [4.78, 5) is 0. The summed E-state index contributed by atoms with van der Waals surface area (Å²) in [5.41, 5.74) is 0. The summed E-state index contributed by atoms with van der Waals surface area (Å²) in [6, 6.07) is 0. The van der Waals surface area contributed by atoms with E-state index in [1.165, 1.54) is 0 Å². The maximum atomic E-state index is 11.5. The molecular formula is C36H62O31. The van der Waals surface area contributed by atoms with E-state index in [0.29, 0.717) is 0 Å². The van der Waals surface area contributed by atoms with Gasteiger partial charge >= 0.3 is 0 Å². The minimum atomic E-state index is -2.25. The zero-order valence-corrected chi connectivity index (χ0v) is 35.0. The highest BCUT2D eigenvalue weighted by Crippen LogP contribution is 2.37. The predicted molar refractivity (Wildman–Crippen MR) is 199 cm³/mol. The van der Waals surface area contributed by atoms with Crippen LogP contribution in [0.5, 0.6) is 0 Å². The van der Waals surface area contributed by atoms with Crippen molar-refractivity contribution in [3.05, 3.63) is 0 Å². The highest BCUT2D eigenvalue weighted by Gasteiger charge is 2.58. The Morgan fingerprint density at radius 3 is 0.716 bits per heavy atom. The minimum Gasteiger partial charge on any atom is -0.394 e. The third-order valence-corrected chi connectivity index (χ3v) is 12.4. The SMILES string of the molecule is OC[C@H]1O[C@H](O[C@H]2[C@@H](O[C@H]3[C@@H](O[C@H]4[C@@H](O[C@H]5[C@@H](O[C@H]6C(O)O[C@H](CO)[C@@H](O)[C@@H]6O)O[C@H](CO)[C@@H](O)[C@@H]5O)O[C@H](CO)[C@@H](O)[C@@H]4O)O[C@H](CO)[C@@H](O)[C@@H]3O)O[C@H](CO)[C@@H](O)[C@@H]2O)[C@H](O)[C@@H](O)[C@@H]1O. The van der Waals surface area contributed by atoms with Crippen LogP contribution in [0.2, 0.25) is 0 Å². The fraction of sp³-hybridized carbons (Fsp3) is 1.00. The van der Waals surface area contributed by atoms with E-state index in [1.807, 2.05) is 0 Å². The Bertz CT molecular complexity index is 1510. The van der Waals surface area contributed by atoms with Crippen molar-refractivity contribution in [1.82, 2.24) is 0 Å². The molecule has 0 saturated carbocycles. The van der Waals surface area contributed by atoms with Gasteiger partial charge in [0.2, 0.25) is 0 Å². The van der Waals surface area contributed by atoms with Crippen molar-refractivity contribution in [3.8, 4) is 0 Å². The summed E-state index contributed by atoms with van der Waals surface area (Å²) >= 11 is 0. The van der Waals surface area contributed by atoms with Gasteiger partial charge < -0.3 is 154 Å². The molecule has 0 amide bonds. The molecule has 67 heavy (non-hydrogen) atoms. The van der Waals surface area contributed by atoms with Crippen molar-refractivity contribution in [1.29, 1.82) is 0 Å². The van der Waals surface area contributed by atoms with Gasteiger partial charge in [-0.1, -0.05) is 0 Å². The Hall–Kier alpha value is -1.24. The molecule has 6 rings (SSSR count). The number of aliphatic hydroxyl groups excluding tert-OH is 20. The lowest BCUT2D eigenvalue weighted by atomic mass is 9.95. The third-order valence-electron chi connectivity index (χ3n) is 12.4. The van der Waals surface area contributed by atoms with Crippen molar-refractivity contribution in [3.63, 3.8) is 0 Å². The van der Waals surface area contributed by atoms with E-state index in [2.05, 4.69) is 0 Å². The van der Waals surface area contributed by atoms with Crippen molar-refractivity contribution in [2.45, 2.75) is 184 Å². The third kappa shape index (κ3) is 11.2. The maximum Gasteiger partial charge on any atom is 0.187 e. The van der Waals surface area contributed by atoms with Gasteiger partial charge in [-0.2, -0.15) is 0 Å². The molecule has 0 aliphatic carbocycles. The van der Waals surface area contributed by atoms with Crippen molar-refractivity contribution < 1.29 is 154 Å². The van der Waals surface area contributed by atoms with Crippen LogP contribution in [0.4, 0.5) is 0 Å². The van der Waals surface area contributed by atoms with Gasteiger partial charge in [0.25, 0.3) is 0 Å². The normalized spacial score (nSPS) is 53.4. The molecular weight excluding hydrogens is 928 g/mol. The Morgan fingerprint density at radius 1 is 0.224 bits per heavy atom. The van der Waals surface area contributed by atoms with Crippen LogP contribution in [-0.4, -0.2) is 326 Å². The summed E-state index contributed by atoms with van der Waals surface area (Å²) in [5.74, 6) is 0. The quantitative estimate of drug-likeness (QED) is 0.0683. The molecule has 30 atom stereocenters. The smallest absolute Gasteiger partial charge is 0.187 e. The van der Waals surface area contributed by atoms with Gasteiger partial charge in [0.1, 0.15) is 146 Å². The van der Waals surface area contributed by atoms with Gasteiger partial charge in [0.15, 0.2) is 37.7 Å². The summed E-state index contributed by atoms with van der Waals surface area (Å²) in [7, 11) is 0. The van der Waals surface area contributed by atoms with Gasteiger partial charge in [0, 0.05) is 0 Å². The Balaban J connectivity index is 1.31. The fourth-order valence-corrected chi connectivity index (χ4v) is 8.42. The summed E-state index contributed by atoms with van der Waals surface area (Å²) in [6.07, 6.45) is -60.2. The number of rotatable bonds is 16. The largest absolute Gasteiger partial charge is 0.394 e. The summed E-state index contributed by atoms with van der Waals surface area (Å²) < 4.78 is 62.2. The van der Waals surface area contributed by atoms with Crippen molar-refractivity contribution >= 4 is 0 Å². The summed E-state index contributed by atoms with van der Waals surface area (Å²) in [5, 5.41) is 211. The van der Waals surface area contributed by atoms with Crippen LogP contribution in [0, 0.1) is 0 Å². The standard InChI is InChI=1S/C36H62O31/c37-1-7-14(44)20(50)26(31(56)57-7)63-33-28(22(52)16(46)9(3-39)59-33)65-35-30(24(54)18(48)11(5-41)61-35)67-36-29(23(53)17(47)12(6-42)62-36)66-34-27(21(51)15(45)10(4-40)60-34)64-32-25(55)19(49)13(43)8(2-38)58-32/h7-56H,1-6H2/t7-,8-,9-,10-,11-,12-,13-,14-,15-,16-,17-,18-,19+,20+,21+,22+,23+,24+,25-,26-,27-,28-,29-,30-,31?,32-,33-,34-,35-,36-/m1/s1. The number of ether oxygens (including phenoxy) is 11. The Kier molecular flexibility index (Phi) is 19.4. The first kappa shape index (κ1) is 55.1. The molecule has 1 unspecified atom stereocenters. The van der Waals surface area contributed by atoms with Gasteiger partial charge in [-0.3, -0.25) is 0 Å². The van der Waals surface area contributed by atoms with E-state index in [-0.39, 0.29) is 0 Å². The van der Waals surface area contributed by atoms with Crippen LogP contribution >= 0.6 is 0 Å². The molecule has 6 saturated heterocycles. The van der Waals surface area contributed by atoms with Crippen LogP contribution in [0.25, 0.3) is 0 Å². The molecule has 392 valence electrons. The lowest BCUT2D eigenvalue weighted by molar-refractivity contribution is -0.417. The zero-order valence-electron chi connectivity index (χ0n) is 35.0. The number of aliphatic hydroxyl groups is 20.